The first-order chi connectivity index (χ1) is 8.65. The maximum atomic E-state index is 11.5. The maximum absolute atomic E-state index is 11.5. The lowest BCUT2D eigenvalue weighted by Gasteiger charge is -2.29. The summed E-state index contributed by atoms with van der Waals surface area (Å²) in [5, 5.41) is 5.46. The molecule has 0 bridgehead atoms. The van der Waals surface area contributed by atoms with E-state index in [4.69, 9.17) is 0 Å². The van der Waals surface area contributed by atoms with Gasteiger partial charge in [0.2, 0.25) is 0 Å². The lowest BCUT2D eigenvalue weighted by Crippen LogP contribution is -2.49. The average Bonchev–Trinajstić information content (AvgIpc) is 2.39. The molecule has 1 saturated carbocycles. The fourth-order valence-corrected chi connectivity index (χ4v) is 2.37. The summed E-state index contributed by atoms with van der Waals surface area (Å²) in [5.41, 5.74) is 0. The van der Waals surface area contributed by atoms with Gasteiger partial charge in [0, 0.05) is 6.54 Å². The SMILES string of the molecule is CC.CCNC(=O)NC(C(C)=O)C1CCCCC1. The van der Waals surface area contributed by atoms with Gasteiger partial charge >= 0.3 is 6.03 Å². The predicted octanol–water partition coefficient (Wildman–Crippen LogP) is 2.87. The van der Waals surface area contributed by atoms with Gasteiger partial charge in [0.25, 0.3) is 0 Å². The molecule has 1 aliphatic carbocycles. The molecule has 2 amide bonds. The molecule has 0 aliphatic heterocycles. The number of ketones is 1. The van der Waals surface area contributed by atoms with Crippen molar-refractivity contribution in [3.63, 3.8) is 0 Å². The summed E-state index contributed by atoms with van der Waals surface area (Å²) < 4.78 is 0. The molecule has 4 heteroatoms. The first-order valence-corrected chi connectivity index (χ1v) is 7.20. The number of rotatable bonds is 4. The molecule has 0 aromatic carbocycles. The molecule has 18 heavy (non-hydrogen) atoms. The number of hydrogen-bond donors (Lipinski definition) is 2. The molecule has 0 heterocycles. The third-order valence-electron chi connectivity index (χ3n) is 3.18. The van der Waals surface area contributed by atoms with Gasteiger partial charge in [0.1, 0.15) is 0 Å². The Morgan fingerprint density at radius 1 is 1.17 bits per heavy atom. The molecule has 0 aromatic heterocycles. The summed E-state index contributed by atoms with van der Waals surface area (Å²) in [4.78, 5) is 23.0. The number of amides is 2. The van der Waals surface area contributed by atoms with Gasteiger partial charge in [0.05, 0.1) is 6.04 Å². The van der Waals surface area contributed by atoms with Gasteiger partial charge in [-0.15, -0.1) is 0 Å². The minimum absolute atomic E-state index is 0.0677. The van der Waals surface area contributed by atoms with Crippen LogP contribution in [0, 0.1) is 5.92 Å². The highest BCUT2D eigenvalue weighted by molar-refractivity contribution is 5.87. The minimum Gasteiger partial charge on any atom is -0.338 e. The van der Waals surface area contributed by atoms with Crippen LogP contribution in [0.25, 0.3) is 0 Å². The van der Waals surface area contributed by atoms with Gasteiger partial charge < -0.3 is 10.6 Å². The van der Waals surface area contributed by atoms with Gasteiger partial charge in [-0.2, -0.15) is 0 Å². The fraction of sp³-hybridized carbons (Fsp3) is 0.857. The van der Waals surface area contributed by atoms with Crippen molar-refractivity contribution >= 4 is 11.8 Å². The second-order valence-electron chi connectivity index (χ2n) is 4.49. The summed E-state index contributed by atoms with van der Waals surface area (Å²) in [5.74, 6) is 0.395. The van der Waals surface area contributed by atoms with E-state index >= 15 is 0 Å². The molecule has 1 atom stereocenters. The molecular formula is C14H28N2O2. The summed E-state index contributed by atoms with van der Waals surface area (Å²) in [6.07, 6.45) is 5.70. The van der Waals surface area contributed by atoms with Crippen molar-refractivity contribution in [2.45, 2.75) is 65.8 Å². The van der Waals surface area contributed by atoms with E-state index in [9.17, 15) is 9.59 Å². The summed E-state index contributed by atoms with van der Waals surface area (Å²) >= 11 is 0. The highest BCUT2D eigenvalue weighted by atomic mass is 16.2. The van der Waals surface area contributed by atoms with Crippen LogP contribution in [0.5, 0.6) is 0 Å². The Kier molecular flexibility index (Phi) is 9.33. The minimum atomic E-state index is -0.299. The molecule has 106 valence electrons. The van der Waals surface area contributed by atoms with Crippen LogP contribution in [0.1, 0.15) is 59.8 Å². The third-order valence-corrected chi connectivity index (χ3v) is 3.18. The van der Waals surface area contributed by atoms with Crippen molar-refractivity contribution in [3.05, 3.63) is 0 Å². The zero-order chi connectivity index (χ0) is 14.0. The predicted molar refractivity (Wildman–Crippen MR) is 74.6 cm³/mol. The molecule has 0 spiro atoms. The number of urea groups is 1. The Bertz CT molecular complexity index is 246. The van der Waals surface area contributed by atoms with Gasteiger partial charge in [0.15, 0.2) is 5.78 Å². The largest absolute Gasteiger partial charge is 0.338 e. The molecule has 4 nitrogen and oxygen atoms in total. The first kappa shape index (κ1) is 16.9. The Hall–Kier alpha value is -1.06. The molecule has 1 unspecified atom stereocenters. The van der Waals surface area contributed by atoms with Gasteiger partial charge in [-0.3, -0.25) is 4.79 Å². The van der Waals surface area contributed by atoms with Crippen LogP contribution >= 0.6 is 0 Å². The molecule has 1 fully saturated rings. The van der Waals surface area contributed by atoms with Crippen LogP contribution in [0.3, 0.4) is 0 Å². The number of carbonyl (C=O) groups is 2. The van der Waals surface area contributed by atoms with E-state index in [-0.39, 0.29) is 17.9 Å². The van der Waals surface area contributed by atoms with E-state index < -0.39 is 0 Å². The number of Topliss-reactive ketones (excluding diaryl/α,β-unsaturated/α-hetero) is 1. The summed E-state index contributed by atoms with van der Waals surface area (Å²) in [6.45, 7) is 8.01. The van der Waals surface area contributed by atoms with Crippen molar-refractivity contribution < 1.29 is 9.59 Å². The van der Waals surface area contributed by atoms with E-state index in [1.54, 1.807) is 6.92 Å². The molecule has 2 N–H and O–H groups in total. The van der Waals surface area contributed by atoms with Crippen LogP contribution in [0.2, 0.25) is 0 Å². The van der Waals surface area contributed by atoms with E-state index in [0.717, 1.165) is 12.8 Å². The Morgan fingerprint density at radius 3 is 2.17 bits per heavy atom. The quantitative estimate of drug-likeness (QED) is 0.812. The topological polar surface area (TPSA) is 58.2 Å². The number of hydrogen-bond acceptors (Lipinski definition) is 2. The van der Waals surface area contributed by atoms with E-state index in [1.165, 1.54) is 19.3 Å². The van der Waals surface area contributed by atoms with Crippen molar-refractivity contribution in [1.82, 2.24) is 10.6 Å². The van der Waals surface area contributed by atoms with Crippen LogP contribution in [-0.2, 0) is 4.79 Å². The van der Waals surface area contributed by atoms with Crippen molar-refractivity contribution in [1.29, 1.82) is 0 Å². The molecular weight excluding hydrogens is 228 g/mol. The zero-order valence-electron chi connectivity index (χ0n) is 12.2. The van der Waals surface area contributed by atoms with Crippen molar-refractivity contribution in [3.8, 4) is 0 Å². The van der Waals surface area contributed by atoms with Crippen LogP contribution in [0.4, 0.5) is 4.79 Å². The molecule has 1 aliphatic rings. The van der Waals surface area contributed by atoms with E-state index in [1.807, 2.05) is 20.8 Å². The lowest BCUT2D eigenvalue weighted by molar-refractivity contribution is -0.120. The smallest absolute Gasteiger partial charge is 0.315 e. The molecule has 1 rings (SSSR count). The van der Waals surface area contributed by atoms with Crippen molar-refractivity contribution in [2.24, 2.45) is 5.92 Å². The normalized spacial score (nSPS) is 17.1. The average molecular weight is 256 g/mol. The van der Waals surface area contributed by atoms with E-state index in [2.05, 4.69) is 10.6 Å². The zero-order valence-corrected chi connectivity index (χ0v) is 12.2. The Balaban J connectivity index is 0.00000137. The standard InChI is InChI=1S/C12H22N2O2.C2H6/c1-3-13-12(16)14-11(9(2)15)10-7-5-4-6-8-10;1-2/h10-11H,3-8H2,1-2H3,(H2,13,14,16);1-2H3. The lowest BCUT2D eigenvalue weighted by atomic mass is 9.82. The fourth-order valence-electron chi connectivity index (χ4n) is 2.37. The van der Waals surface area contributed by atoms with Crippen molar-refractivity contribution in [2.75, 3.05) is 6.54 Å². The van der Waals surface area contributed by atoms with Crippen LogP contribution < -0.4 is 10.6 Å². The van der Waals surface area contributed by atoms with Gasteiger partial charge in [-0.05, 0) is 32.6 Å². The summed E-state index contributed by atoms with van der Waals surface area (Å²) in [6, 6.07) is -0.528. The van der Waals surface area contributed by atoms with Gasteiger partial charge in [-0.1, -0.05) is 33.1 Å². The third kappa shape index (κ3) is 6.03. The summed E-state index contributed by atoms with van der Waals surface area (Å²) in [7, 11) is 0. The van der Waals surface area contributed by atoms with Crippen LogP contribution in [-0.4, -0.2) is 24.4 Å². The highest BCUT2D eigenvalue weighted by Gasteiger charge is 2.28. The van der Waals surface area contributed by atoms with Gasteiger partial charge in [-0.25, -0.2) is 4.79 Å². The second-order valence-corrected chi connectivity index (χ2v) is 4.49. The Labute approximate surface area is 111 Å². The first-order valence-electron chi connectivity index (χ1n) is 7.20. The highest BCUT2D eigenvalue weighted by Crippen LogP contribution is 2.26. The number of carbonyl (C=O) groups excluding carboxylic acids is 2. The molecule has 0 aromatic rings. The van der Waals surface area contributed by atoms with E-state index in [0.29, 0.717) is 12.5 Å². The maximum Gasteiger partial charge on any atom is 0.315 e. The molecule has 0 radical (unpaired) electrons. The Morgan fingerprint density at radius 2 is 1.72 bits per heavy atom. The number of nitrogens with one attached hydrogen (secondary N) is 2. The second kappa shape index (κ2) is 9.92. The monoisotopic (exact) mass is 256 g/mol. The van der Waals surface area contributed by atoms with Crippen LogP contribution in [0.15, 0.2) is 0 Å². The molecule has 0 saturated heterocycles.